The molecule has 1 atom stereocenters. The highest BCUT2D eigenvalue weighted by molar-refractivity contribution is 8.13. The lowest BCUT2D eigenvalue weighted by molar-refractivity contribution is 0.0857. The Morgan fingerprint density at radius 2 is 2.24 bits per heavy atom. The standard InChI is InChI=1S/C13H15ClFNO4S/c1-8-5-9(6-11(12(8)15)21(14,18)19)13(17)16-7-10-3-2-4-20-10/h5-6,10H,2-4,7H2,1H3,(H,16,17). The molecule has 1 N–H and O–H groups in total. The van der Waals surface area contributed by atoms with Gasteiger partial charge in [-0.2, -0.15) is 0 Å². The Morgan fingerprint density at radius 3 is 2.81 bits per heavy atom. The van der Waals surface area contributed by atoms with Crippen molar-refractivity contribution in [3.8, 4) is 0 Å². The molecule has 5 nitrogen and oxygen atoms in total. The van der Waals surface area contributed by atoms with E-state index in [4.69, 9.17) is 15.4 Å². The molecule has 0 aliphatic carbocycles. The summed E-state index contributed by atoms with van der Waals surface area (Å²) in [4.78, 5) is 11.3. The number of hydrogen-bond donors (Lipinski definition) is 1. The summed E-state index contributed by atoms with van der Waals surface area (Å²) >= 11 is 0. The summed E-state index contributed by atoms with van der Waals surface area (Å²) < 4.78 is 41.8. The van der Waals surface area contributed by atoms with Crippen LogP contribution in [0.15, 0.2) is 17.0 Å². The number of carbonyl (C=O) groups excluding carboxylic acids is 1. The maximum absolute atomic E-state index is 13.8. The average molecular weight is 336 g/mol. The molecule has 1 unspecified atom stereocenters. The molecular formula is C13H15ClFNO4S. The lowest BCUT2D eigenvalue weighted by Gasteiger charge is -2.12. The van der Waals surface area contributed by atoms with E-state index in [1.54, 1.807) is 0 Å². The van der Waals surface area contributed by atoms with Crippen molar-refractivity contribution in [3.63, 3.8) is 0 Å². The molecular weight excluding hydrogens is 321 g/mol. The van der Waals surface area contributed by atoms with Crippen molar-refractivity contribution in [1.82, 2.24) is 5.32 Å². The topological polar surface area (TPSA) is 72.5 Å². The fourth-order valence-electron chi connectivity index (χ4n) is 2.16. The van der Waals surface area contributed by atoms with Crippen LogP contribution in [-0.2, 0) is 13.8 Å². The van der Waals surface area contributed by atoms with Gasteiger partial charge in [-0.15, -0.1) is 0 Å². The third-order valence-electron chi connectivity index (χ3n) is 3.26. The molecule has 1 fully saturated rings. The maximum Gasteiger partial charge on any atom is 0.264 e. The lowest BCUT2D eigenvalue weighted by Crippen LogP contribution is -2.31. The molecule has 8 heteroatoms. The second-order valence-electron chi connectivity index (χ2n) is 4.89. The van der Waals surface area contributed by atoms with Crippen LogP contribution in [0.4, 0.5) is 4.39 Å². The zero-order chi connectivity index (χ0) is 15.6. The molecule has 0 spiro atoms. The summed E-state index contributed by atoms with van der Waals surface area (Å²) in [5, 5.41) is 2.64. The Morgan fingerprint density at radius 1 is 1.52 bits per heavy atom. The molecule has 1 heterocycles. The number of carbonyl (C=O) groups is 1. The third-order valence-corrected chi connectivity index (χ3v) is 4.58. The van der Waals surface area contributed by atoms with Crippen molar-refractivity contribution in [2.24, 2.45) is 0 Å². The first kappa shape index (κ1) is 16.2. The Labute approximate surface area is 126 Å². The smallest absolute Gasteiger partial charge is 0.264 e. The monoisotopic (exact) mass is 335 g/mol. The summed E-state index contributed by atoms with van der Waals surface area (Å²) in [6.45, 7) is 2.38. The van der Waals surface area contributed by atoms with E-state index in [1.165, 1.54) is 13.0 Å². The molecule has 0 bridgehead atoms. The van der Waals surface area contributed by atoms with Gasteiger partial charge >= 0.3 is 0 Å². The summed E-state index contributed by atoms with van der Waals surface area (Å²) in [5.74, 6) is -1.43. The van der Waals surface area contributed by atoms with Crippen LogP contribution in [0.3, 0.4) is 0 Å². The summed E-state index contributed by atoms with van der Waals surface area (Å²) in [6.07, 6.45) is 1.78. The molecule has 1 aliphatic heterocycles. The van der Waals surface area contributed by atoms with Crippen molar-refractivity contribution in [2.45, 2.75) is 30.8 Å². The fraction of sp³-hybridized carbons (Fsp3) is 0.462. The summed E-state index contributed by atoms with van der Waals surface area (Å²) in [5.41, 5.74) is 0.0881. The minimum Gasteiger partial charge on any atom is -0.376 e. The maximum atomic E-state index is 13.8. The van der Waals surface area contributed by atoms with Crippen LogP contribution in [0.2, 0.25) is 0 Å². The van der Waals surface area contributed by atoms with Crippen LogP contribution in [0, 0.1) is 12.7 Å². The Kier molecular flexibility index (Phi) is 4.85. The van der Waals surface area contributed by atoms with Crippen molar-refractivity contribution >= 4 is 25.6 Å². The van der Waals surface area contributed by atoms with Crippen LogP contribution in [0.1, 0.15) is 28.8 Å². The van der Waals surface area contributed by atoms with Gasteiger partial charge in [0.15, 0.2) is 0 Å². The first-order chi connectivity index (χ1) is 9.79. The largest absolute Gasteiger partial charge is 0.376 e. The lowest BCUT2D eigenvalue weighted by atomic mass is 10.1. The molecule has 1 aliphatic rings. The van der Waals surface area contributed by atoms with E-state index in [-0.39, 0.29) is 17.2 Å². The minimum absolute atomic E-state index is 0.0354. The second kappa shape index (κ2) is 6.29. The number of benzene rings is 1. The summed E-state index contributed by atoms with van der Waals surface area (Å²) in [7, 11) is 0.924. The van der Waals surface area contributed by atoms with E-state index in [1.807, 2.05) is 0 Å². The van der Waals surface area contributed by atoms with Crippen LogP contribution in [0.25, 0.3) is 0 Å². The van der Waals surface area contributed by atoms with Gasteiger partial charge in [0.25, 0.3) is 15.0 Å². The van der Waals surface area contributed by atoms with E-state index in [0.717, 1.165) is 18.9 Å². The van der Waals surface area contributed by atoms with Gasteiger partial charge in [-0.05, 0) is 37.5 Å². The molecule has 1 amide bonds. The Bertz CT molecular complexity index is 656. The van der Waals surface area contributed by atoms with Gasteiger partial charge in [0.2, 0.25) is 0 Å². The number of rotatable bonds is 4. The van der Waals surface area contributed by atoms with E-state index in [0.29, 0.717) is 13.2 Å². The molecule has 116 valence electrons. The van der Waals surface area contributed by atoms with Gasteiger partial charge in [0.1, 0.15) is 10.7 Å². The number of nitrogens with one attached hydrogen (secondary N) is 1. The van der Waals surface area contributed by atoms with Gasteiger partial charge in [0, 0.05) is 29.4 Å². The molecule has 1 saturated heterocycles. The SMILES string of the molecule is Cc1cc(C(=O)NCC2CCCO2)cc(S(=O)(=O)Cl)c1F. The third kappa shape index (κ3) is 3.93. The quantitative estimate of drug-likeness (QED) is 0.854. The normalized spacial score (nSPS) is 18.7. The van der Waals surface area contributed by atoms with Gasteiger partial charge < -0.3 is 10.1 Å². The summed E-state index contributed by atoms with van der Waals surface area (Å²) in [6, 6.07) is 2.22. The van der Waals surface area contributed by atoms with Gasteiger partial charge in [-0.1, -0.05) is 0 Å². The van der Waals surface area contributed by atoms with Crippen molar-refractivity contribution in [2.75, 3.05) is 13.2 Å². The highest BCUT2D eigenvalue weighted by Crippen LogP contribution is 2.23. The van der Waals surface area contributed by atoms with Crippen molar-refractivity contribution < 1.29 is 22.3 Å². The average Bonchev–Trinajstić information content (AvgIpc) is 2.90. The van der Waals surface area contributed by atoms with Crippen LogP contribution in [-0.4, -0.2) is 33.6 Å². The Balaban J connectivity index is 2.19. The zero-order valence-corrected chi connectivity index (χ0v) is 12.9. The van der Waals surface area contributed by atoms with Gasteiger partial charge in [-0.25, -0.2) is 12.8 Å². The zero-order valence-electron chi connectivity index (χ0n) is 11.4. The van der Waals surface area contributed by atoms with Crippen molar-refractivity contribution in [3.05, 3.63) is 29.1 Å². The number of ether oxygens (including phenoxy) is 1. The van der Waals surface area contributed by atoms with Gasteiger partial charge in [0.05, 0.1) is 6.10 Å². The van der Waals surface area contributed by atoms with Crippen LogP contribution < -0.4 is 5.32 Å². The molecule has 0 radical (unpaired) electrons. The van der Waals surface area contributed by atoms with Crippen LogP contribution >= 0.6 is 10.7 Å². The first-order valence-electron chi connectivity index (χ1n) is 6.43. The Hall–Kier alpha value is -1.18. The molecule has 1 aromatic rings. The number of aryl methyl sites for hydroxylation is 1. The van der Waals surface area contributed by atoms with Crippen LogP contribution in [0.5, 0.6) is 0 Å². The number of hydrogen-bond acceptors (Lipinski definition) is 4. The first-order valence-corrected chi connectivity index (χ1v) is 8.74. The fourth-order valence-corrected chi connectivity index (χ4v) is 3.14. The number of halogens is 2. The van der Waals surface area contributed by atoms with Gasteiger partial charge in [-0.3, -0.25) is 4.79 Å². The predicted octanol–water partition coefficient (Wildman–Crippen LogP) is 1.97. The predicted molar refractivity (Wildman–Crippen MR) is 75.5 cm³/mol. The van der Waals surface area contributed by atoms with Crippen molar-refractivity contribution in [1.29, 1.82) is 0 Å². The minimum atomic E-state index is -4.25. The van der Waals surface area contributed by atoms with E-state index >= 15 is 0 Å². The van der Waals surface area contributed by atoms with E-state index in [9.17, 15) is 17.6 Å². The second-order valence-corrected chi connectivity index (χ2v) is 7.42. The molecule has 0 saturated carbocycles. The van der Waals surface area contributed by atoms with E-state index in [2.05, 4.69) is 5.32 Å². The molecule has 21 heavy (non-hydrogen) atoms. The molecule has 2 rings (SSSR count). The highest BCUT2D eigenvalue weighted by Gasteiger charge is 2.22. The number of amides is 1. The molecule has 1 aromatic carbocycles. The molecule has 0 aromatic heterocycles. The van der Waals surface area contributed by atoms with E-state index < -0.39 is 25.7 Å². The highest BCUT2D eigenvalue weighted by atomic mass is 35.7.